The number of benzene rings is 3. The third-order valence-electron chi connectivity index (χ3n) is 4.77. The average Bonchev–Trinajstić information content (AvgIpc) is 2.63. The lowest BCUT2D eigenvalue weighted by atomic mass is 9.94. The highest BCUT2D eigenvalue weighted by Gasteiger charge is 2.38. The lowest BCUT2D eigenvalue weighted by molar-refractivity contribution is -0.960. The SMILES string of the molecule is Clc1ccc(SC2C[NH+](C(c3ccccc3)c3ccccc3)C2)cc1. The summed E-state index contributed by atoms with van der Waals surface area (Å²) in [5.74, 6) is 0. The lowest BCUT2D eigenvalue weighted by Gasteiger charge is -2.40. The van der Waals surface area contributed by atoms with Crippen molar-refractivity contribution in [3.8, 4) is 0 Å². The molecule has 0 atom stereocenters. The van der Waals surface area contributed by atoms with Crippen LogP contribution in [0.15, 0.2) is 89.8 Å². The van der Waals surface area contributed by atoms with Crippen LogP contribution in [-0.4, -0.2) is 18.3 Å². The normalized spacial score (nSPS) is 19.6. The first kappa shape index (κ1) is 16.7. The third kappa shape index (κ3) is 3.92. The van der Waals surface area contributed by atoms with Gasteiger partial charge in [-0.3, -0.25) is 0 Å². The quantitative estimate of drug-likeness (QED) is 0.697. The van der Waals surface area contributed by atoms with E-state index >= 15 is 0 Å². The summed E-state index contributed by atoms with van der Waals surface area (Å²) in [6.45, 7) is 2.36. The van der Waals surface area contributed by atoms with Crippen molar-refractivity contribution in [2.45, 2.75) is 16.2 Å². The van der Waals surface area contributed by atoms with Gasteiger partial charge < -0.3 is 4.90 Å². The summed E-state index contributed by atoms with van der Waals surface area (Å²) in [5, 5.41) is 1.48. The van der Waals surface area contributed by atoms with Gasteiger partial charge in [-0.25, -0.2) is 0 Å². The zero-order valence-electron chi connectivity index (χ0n) is 13.9. The summed E-state index contributed by atoms with van der Waals surface area (Å²) in [6, 6.07) is 30.4. The monoisotopic (exact) mass is 366 g/mol. The zero-order valence-corrected chi connectivity index (χ0v) is 15.5. The molecule has 3 aromatic rings. The molecule has 3 heteroatoms. The van der Waals surface area contributed by atoms with Gasteiger partial charge in [0.25, 0.3) is 0 Å². The fraction of sp³-hybridized carbons (Fsp3) is 0.182. The minimum absolute atomic E-state index is 0.421. The van der Waals surface area contributed by atoms with Crippen molar-refractivity contribution in [1.29, 1.82) is 0 Å². The van der Waals surface area contributed by atoms with Crippen molar-refractivity contribution < 1.29 is 4.90 Å². The fourth-order valence-electron chi connectivity index (χ4n) is 3.50. The van der Waals surface area contributed by atoms with Crippen LogP contribution in [-0.2, 0) is 0 Å². The van der Waals surface area contributed by atoms with Crippen LogP contribution in [0.1, 0.15) is 17.2 Å². The van der Waals surface area contributed by atoms with E-state index in [1.54, 1.807) is 4.90 Å². The summed E-state index contributed by atoms with van der Waals surface area (Å²) in [6.07, 6.45) is 0. The van der Waals surface area contributed by atoms with E-state index in [9.17, 15) is 0 Å². The smallest absolute Gasteiger partial charge is 0.139 e. The molecule has 0 bridgehead atoms. The number of halogens is 1. The van der Waals surface area contributed by atoms with Gasteiger partial charge in [0.2, 0.25) is 0 Å². The average molecular weight is 367 g/mol. The molecule has 0 spiro atoms. The van der Waals surface area contributed by atoms with E-state index in [0.717, 1.165) is 5.02 Å². The van der Waals surface area contributed by atoms with E-state index in [2.05, 4.69) is 72.8 Å². The van der Waals surface area contributed by atoms with E-state index < -0.39 is 0 Å². The van der Waals surface area contributed by atoms with Crippen molar-refractivity contribution in [3.05, 3.63) is 101 Å². The fourth-order valence-corrected chi connectivity index (χ4v) is 4.90. The van der Waals surface area contributed by atoms with Gasteiger partial charge in [0.1, 0.15) is 11.3 Å². The van der Waals surface area contributed by atoms with Gasteiger partial charge in [-0.05, 0) is 24.3 Å². The second kappa shape index (κ2) is 7.65. The number of likely N-dealkylation sites (tertiary alicyclic amines) is 1. The first-order chi connectivity index (χ1) is 12.3. The van der Waals surface area contributed by atoms with Crippen LogP contribution in [0, 0.1) is 0 Å². The van der Waals surface area contributed by atoms with Crippen LogP contribution in [0.25, 0.3) is 0 Å². The molecule has 0 aromatic heterocycles. The Hall–Kier alpha value is -1.74. The van der Waals surface area contributed by atoms with Crippen molar-refractivity contribution >= 4 is 23.4 Å². The molecule has 3 aromatic carbocycles. The predicted octanol–water partition coefficient (Wildman–Crippen LogP) is 4.49. The largest absolute Gasteiger partial charge is 0.323 e. The molecule has 1 aliphatic rings. The minimum atomic E-state index is 0.421. The van der Waals surface area contributed by atoms with Crippen molar-refractivity contribution in [3.63, 3.8) is 0 Å². The molecule has 0 saturated carbocycles. The Morgan fingerprint density at radius 3 is 1.80 bits per heavy atom. The van der Waals surface area contributed by atoms with Crippen LogP contribution in [0.4, 0.5) is 0 Å². The van der Waals surface area contributed by atoms with Gasteiger partial charge in [-0.1, -0.05) is 72.3 Å². The zero-order chi connectivity index (χ0) is 17.1. The van der Waals surface area contributed by atoms with E-state index in [-0.39, 0.29) is 0 Å². The predicted molar refractivity (Wildman–Crippen MR) is 107 cm³/mol. The summed E-state index contributed by atoms with van der Waals surface area (Å²) in [5.41, 5.74) is 2.80. The molecular formula is C22H21ClNS+. The highest BCUT2D eigenvalue weighted by atomic mass is 35.5. The molecule has 0 amide bonds. The topological polar surface area (TPSA) is 4.44 Å². The van der Waals surface area contributed by atoms with E-state index in [4.69, 9.17) is 11.6 Å². The first-order valence-electron chi connectivity index (χ1n) is 8.66. The maximum absolute atomic E-state index is 5.98. The number of hydrogen-bond acceptors (Lipinski definition) is 1. The number of rotatable bonds is 5. The summed E-state index contributed by atoms with van der Waals surface area (Å²) in [7, 11) is 0. The maximum atomic E-state index is 5.98. The van der Waals surface area contributed by atoms with Gasteiger partial charge in [-0.15, -0.1) is 11.8 Å². The molecule has 4 rings (SSSR count). The van der Waals surface area contributed by atoms with Crippen molar-refractivity contribution in [2.24, 2.45) is 0 Å². The van der Waals surface area contributed by atoms with Gasteiger partial charge in [-0.2, -0.15) is 0 Å². The molecule has 1 heterocycles. The van der Waals surface area contributed by atoms with Crippen LogP contribution >= 0.6 is 23.4 Å². The maximum Gasteiger partial charge on any atom is 0.139 e. The molecule has 1 saturated heterocycles. The second-order valence-electron chi connectivity index (χ2n) is 6.51. The Morgan fingerprint density at radius 1 is 0.760 bits per heavy atom. The molecular weight excluding hydrogens is 346 g/mol. The van der Waals surface area contributed by atoms with Crippen molar-refractivity contribution in [1.82, 2.24) is 0 Å². The van der Waals surface area contributed by atoms with Crippen LogP contribution in [0.3, 0.4) is 0 Å². The Bertz CT molecular complexity index is 759. The molecule has 126 valence electrons. The number of thioether (sulfide) groups is 1. The van der Waals surface area contributed by atoms with Gasteiger partial charge in [0, 0.05) is 21.0 Å². The van der Waals surface area contributed by atoms with Gasteiger partial charge in [0.05, 0.1) is 13.1 Å². The summed E-state index contributed by atoms with van der Waals surface area (Å²) in [4.78, 5) is 2.95. The van der Waals surface area contributed by atoms with E-state index in [1.165, 1.54) is 29.1 Å². The molecule has 0 radical (unpaired) electrons. The van der Waals surface area contributed by atoms with Crippen LogP contribution in [0.5, 0.6) is 0 Å². The first-order valence-corrected chi connectivity index (χ1v) is 9.92. The minimum Gasteiger partial charge on any atom is -0.323 e. The Morgan fingerprint density at radius 2 is 1.28 bits per heavy atom. The lowest BCUT2D eigenvalue weighted by Crippen LogP contribution is -3.21. The number of nitrogens with one attached hydrogen (secondary N) is 1. The molecule has 1 N–H and O–H groups in total. The molecule has 0 unspecified atom stereocenters. The third-order valence-corrected chi connectivity index (χ3v) is 6.23. The highest BCUT2D eigenvalue weighted by Crippen LogP contribution is 2.28. The standard InChI is InChI=1S/C22H20ClNS/c23-19-11-13-20(14-12-19)25-21-15-24(16-21)22(17-7-3-1-4-8-17)18-9-5-2-6-10-18/h1-14,21-22H,15-16H2/p+1. The molecule has 1 aliphatic heterocycles. The molecule has 1 nitrogen and oxygen atoms in total. The molecule has 1 fully saturated rings. The van der Waals surface area contributed by atoms with Crippen LogP contribution in [0.2, 0.25) is 5.02 Å². The number of hydrogen-bond donors (Lipinski definition) is 1. The molecule has 25 heavy (non-hydrogen) atoms. The van der Waals surface area contributed by atoms with Crippen molar-refractivity contribution in [2.75, 3.05) is 13.1 Å². The Balaban J connectivity index is 1.48. The Labute approximate surface area is 158 Å². The van der Waals surface area contributed by atoms with E-state index in [0.29, 0.717) is 11.3 Å². The van der Waals surface area contributed by atoms with Gasteiger partial charge >= 0.3 is 0 Å². The van der Waals surface area contributed by atoms with Gasteiger partial charge in [0.15, 0.2) is 0 Å². The van der Waals surface area contributed by atoms with Crippen LogP contribution < -0.4 is 4.90 Å². The Kier molecular flexibility index (Phi) is 5.12. The highest BCUT2D eigenvalue weighted by molar-refractivity contribution is 8.00. The molecule has 0 aliphatic carbocycles. The van der Waals surface area contributed by atoms with E-state index in [1.807, 2.05) is 23.9 Å². The number of quaternary nitrogens is 1. The summed E-state index contributed by atoms with van der Waals surface area (Å²) >= 11 is 7.95. The summed E-state index contributed by atoms with van der Waals surface area (Å²) < 4.78 is 0. The second-order valence-corrected chi connectivity index (χ2v) is 8.32.